The Bertz CT molecular complexity index is 387. The van der Waals surface area contributed by atoms with Gasteiger partial charge in [-0.1, -0.05) is 19.3 Å². The van der Waals surface area contributed by atoms with E-state index in [0.29, 0.717) is 12.0 Å². The molecule has 0 spiro atoms. The molecule has 1 aromatic heterocycles. The van der Waals surface area contributed by atoms with E-state index in [1.807, 2.05) is 6.20 Å². The zero-order valence-corrected chi connectivity index (χ0v) is 11.1. The van der Waals surface area contributed by atoms with Gasteiger partial charge in [0, 0.05) is 31.5 Å². The number of imidazole rings is 1. The lowest BCUT2D eigenvalue weighted by molar-refractivity contribution is 0.103. The second-order valence-corrected chi connectivity index (χ2v) is 5.71. The van der Waals surface area contributed by atoms with Gasteiger partial charge in [0.25, 0.3) is 0 Å². The van der Waals surface area contributed by atoms with Crippen LogP contribution >= 0.6 is 0 Å². The molecule has 0 amide bonds. The first-order valence-corrected chi connectivity index (χ1v) is 7.32. The lowest BCUT2D eigenvalue weighted by atomic mass is 9.93. The van der Waals surface area contributed by atoms with Crippen LogP contribution in [-0.4, -0.2) is 33.6 Å². The molecule has 0 radical (unpaired) electrons. The molecular formula is C14H24N4. The molecule has 2 N–H and O–H groups in total. The predicted molar refractivity (Wildman–Crippen MR) is 72.1 cm³/mol. The first-order valence-electron chi connectivity index (χ1n) is 7.32. The zero-order chi connectivity index (χ0) is 12.4. The summed E-state index contributed by atoms with van der Waals surface area (Å²) in [4.78, 5) is 7.10. The molecule has 1 aliphatic carbocycles. The fraction of sp³-hybridized carbons (Fsp3) is 0.786. The number of hydrogen-bond donors (Lipinski definition) is 1. The number of nitrogens with two attached hydrogens (primary N) is 1. The topological polar surface area (TPSA) is 47.1 Å². The Morgan fingerprint density at radius 1 is 1.22 bits per heavy atom. The number of fused-ring (bicyclic) bond motifs is 1. The highest BCUT2D eigenvalue weighted by Crippen LogP contribution is 2.28. The SMILES string of the molecule is NCC1CCCCCC1N1CCn2ccnc2C1. The molecule has 4 nitrogen and oxygen atoms in total. The van der Waals surface area contributed by atoms with Crippen molar-refractivity contribution in [2.24, 2.45) is 11.7 Å². The molecular weight excluding hydrogens is 224 g/mol. The summed E-state index contributed by atoms with van der Waals surface area (Å²) in [6.07, 6.45) is 10.8. The van der Waals surface area contributed by atoms with Crippen molar-refractivity contribution in [3.8, 4) is 0 Å². The van der Waals surface area contributed by atoms with Gasteiger partial charge in [0.1, 0.15) is 5.82 Å². The molecule has 3 rings (SSSR count). The van der Waals surface area contributed by atoms with Crippen LogP contribution in [0.25, 0.3) is 0 Å². The highest BCUT2D eigenvalue weighted by atomic mass is 15.3. The highest BCUT2D eigenvalue weighted by molar-refractivity contribution is 4.97. The molecule has 1 aliphatic heterocycles. The number of aromatic nitrogens is 2. The maximum atomic E-state index is 6.00. The van der Waals surface area contributed by atoms with Crippen LogP contribution in [0.4, 0.5) is 0 Å². The molecule has 2 atom stereocenters. The van der Waals surface area contributed by atoms with Crippen molar-refractivity contribution in [2.45, 2.75) is 51.2 Å². The van der Waals surface area contributed by atoms with Crippen LogP contribution in [0.15, 0.2) is 12.4 Å². The first-order chi connectivity index (χ1) is 8.88. The van der Waals surface area contributed by atoms with E-state index in [-0.39, 0.29) is 0 Å². The number of rotatable bonds is 2. The van der Waals surface area contributed by atoms with Crippen LogP contribution in [0.1, 0.15) is 37.9 Å². The smallest absolute Gasteiger partial charge is 0.122 e. The van der Waals surface area contributed by atoms with Gasteiger partial charge in [-0.05, 0) is 25.3 Å². The van der Waals surface area contributed by atoms with Crippen molar-refractivity contribution < 1.29 is 0 Å². The van der Waals surface area contributed by atoms with Gasteiger partial charge in [-0.2, -0.15) is 0 Å². The molecule has 4 heteroatoms. The van der Waals surface area contributed by atoms with E-state index >= 15 is 0 Å². The minimum Gasteiger partial charge on any atom is -0.333 e. The summed E-state index contributed by atoms with van der Waals surface area (Å²) >= 11 is 0. The van der Waals surface area contributed by atoms with Crippen molar-refractivity contribution in [1.29, 1.82) is 0 Å². The van der Waals surface area contributed by atoms with Gasteiger partial charge in [0.2, 0.25) is 0 Å². The van der Waals surface area contributed by atoms with Gasteiger partial charge >= 0.3 is 0 Å². The van der Waals surface area contributed by atoms with Crippen LogP contribution in [0.5, 0.6) is 0 Å². The molecule has 1 saturated carbocycles. The minimum atomic E-state index is 0.683. The summed E-state index contributed by atoms with van der Waals surface area (Å²) in [6, 6.07) is 0.683. The normalized spacial score (nSPS) is 29.8. The molecule has 18 heavy (non-hydrogen) atoms. The summed E-state index contributed by atoms with van der Waals surface area (Å²) < 4.78 is 2.28. The first kappa shape index (κ1) is 12.2. The van der Waals surface area contributed by atoms with Crippen LogP contribution in [0.3, 0.4) is 0 Å². The molecule has 0 aromatic carbocycles. The summed E-state index contributed by atoms with van der Waals surface area (Å²) in [7, 11) is 0. The highest BCUT2D eigenvalue weighted by Gasteiger charge is 2.30. The summed E-state index contributed by atoms with van der Waals surface area (Å²) in [6.45, 7) is 4.09. The van der Waals surface area contributed by atoms with Gasteiger partial charge in [0.15, 0.2) is 0 Å². The molecule has 0 bridgehead atoms. The van der Waals surface area contributed by atoms with Crippen LogP contribution < -0.4 is 5.73 Å². The fourth-order valence-electron chi connectivity index (χ4n) is 3.60. The van der Waals surface area contributed by atoms with Gasteiger partial charge < -0.3 is 10.3 Å². The maximum absolute atomic E-state index is 6.00. The number of nitrogens with zero attached hydrogens (tertiary/aromatic N) is 3. The third-order valence-electron chi connectivity index (χ3n) is 4.67. The van der Waals surface area contributed by atoms with E-state index in [9.17, 15) is 0 Å². The molecule has 1 fully saturated rings. The van der Waals surface area contributed by atoms with Crippen molar-refractivity contribution in [2.75, 3.05) is 13.1 Å². The van der Waals surface area contributed by atoms with Gasteiger partial charge in [-0.15, -0.1) is 0 Å². The molecule has 0 saturated heterocycles. The average Bonchev–Trinajstić information content (AvgIpc) is 2.74. The minimum absolute atomic E-state index is 0.683. The lowest BCUT2D eigenvalue weighted by Crippen LogP contribution is -2.46. The van der Waals surface area contributed by atoms with E-state index in [0.717, 1.165) is 26.2 Å². The molecule has 2 aliphatic rings. The Hall–Kier alpha value is -0.870. The lowest BCUT2D eigenvalue weighted by Gasteiger charge is -2.38. The van der Waals surface area contributed by atoms with E-state index in [4.69, 9.17) is 5.73 Å². The second-order valence-electron chi connectivity index (χ2n) is 5.71. The quantitative estimate of drug-likeness (QED) is 0.809. The van der Waals surface area contributed by atoms with E-state index in [1.54, 1.807) is 0 Å². The molecule has 2 unspecified atom stereocenters. The Kier molecular flexibility index (Phi) is 3.66. The van der Waals surface area contributed by atoms with E-state index in [1.165, 1.54) is 37.9 Å². The summed E-state index contributed by atoms with van der Waals surface area (Å²) in [5, 5.41) is 0. The summed E-state index contributed by atoms with van der Waals surface area (Å²) in [5.41, 5.74) is 6.00. The van der Waals surface area contributed by atoms with E-state index < -0.39 is 0 Å². The fourth-order valence-corrected chi connectivity index (χ4v) is 3.60. The average molecular weight is 248 g/mol. The van der Waals surface area contributed by atoms with Crippen LogP contribution in [0, 0.1) is 5.92 Å². The van der Waals surface area contributed by atoms with Crippen LogP contribution in [-0.2, 0) is 13.1 Å². The Labute approximate surface area is 109 Å². The van der Waals surface area contributed by atoms with Crippen LogP contribution in [0.2, 0.25) is 0 Å². The van der Waals surface area contributed by atoms with Crippen molar-refractivity contribution in [3.63, 3.8) is 0 Å². The Balaban J connectivity index is 1.73. The maximum Gasteiger partial charge on any atom is 0.122 e. The van der Waals surface area contributed by atoms with Crippen molar-refractivity contribution in [3.05, 3.63) is 18.2 Å². The Morgan fingerprint density at radius 3 is 3.00 bits per heavy atom. The summed E-state index contributed by atoms with van der Waals surface area (Å²) in [5.74, 6) is 1.91. The van der Waals surface area contributed by atoms with Gasteiger partial charge in [-0.3, -0.25) is 4.90 Å². The monoisotopic (exact) mass is 248 g/mol. The predicted octanol–water partition coefficient (Wildman–Crippen LogP) is 1.61. The van der Waals surface area contributed by atoms with Crippen molar-refractivity contribution >= 4 is 0 Å². The standard InChI is InChI=1S/C14H24N4/c15-10-12-4-2-1-3-5-13(12)18-9-8-17-7-6-16-14(17)11-18/h6-7,12-13H,1-5,8-11,15H2. The molecule has 2 heterocycles. The van der Waals surface area contributed by atoms with Gasteiger partial charge in [0.05, 0.1) is 6.54 Å². The zero-order valence-electron chi connectivity index (χ0n) is 11.1. The van der Waals surface area contributed by atoms with Crippen molar-refractivity contribution in [1.82, 2.24) is 14.5 Å². The third-order valence-corrected chi connectivity index (χ3v) is 4.67. The third kappa shape index (κ3) is 2.31. The molecule has 100 valence electrons. The molecule has 1 aromatic rings. The van der Waals surface area contributed by atoms with Gasteiger partial charge in [-0.25, -0.2) is 4.98 Å². The Morgan fingerprint density at radius 2 is 2.11 bits per heavy atom. The number of hydrogen-bond acceptors (Lipinski definition) is 3. The van der Waals surface area contributed by atoms with E-state index in [2.05, 4.69) is 20.6 Å². The second kappa shape index (κ2) is 5.41. The largest absolute Gasteiger partial charge is 0.333 e.